The molecule has 0 atom stereocenters. The summed E-state index contributed by atoms with van der Waals surface area (Å²) in [5.74, 6) is 0. The van der Waals surface area contributed by atoms with Gasteiger partial charge in [0, 0.05) is 17.1 Å². The Bertz CT molecular complexity index is 675. The molecule has 2 nitrogen and oxygen atoms in total. The highest BCUT2D eigenvalue weighted by atomic mass is 19.4. The second kappa shape index (κ2) is 5.52. The lowest BCUT2D eigenvalue weighted by Gasteiger charge is -2.13. The van der Waals surface area contributed by atoms with Gasteiger partial charge in [0.1, 0.15) is 0 Å². The fraction of sp³-hybridized carbons (Fsp3) is 0.125. The molecular formula is C16H15F3N2. The molecule has 0 spiro atoms. The third-order valence-corrected chi connectivity index (χ3v) is 3.11. The van der Waals surface area contributed by atoms with Crippen molar-refractivity contribution < 1.29 is 13.2 Å². The highest BCUT2D eigenvalue weighted by Crippen LogP contribution is 2.31. The number of rotatable bonds is 3. The summed E-state index contributed by atoms with van der Waals surface area (Å²) >= 11 is 0. The first-order chi connectivity index (χ1) is 9.77. The number of benzene rings is 2. The van der Waals surface area contributed by atoms with Crippen LogP contribution in [0.5, 0.6) is 0 Å². The molecule has 2 aromatic rings. The third kappa shape index (κ3) is 3.56. The van der Waals surface area contributed by atoms with E-state index >= 15 is 0 Å². The molecule has 0 saturated carbocycles. The van der Waals surface area contributed by atoms with E-state index in [0.717, 1.165) is 23.3 Å². The Balaban J connectivity index is 2.21. The molecule has 0 radical (unpaired) electrons. The first kappa shape index (κ1) is 15.0. The minimum atomic E-state index is -4.37. The second-order valence-corrected chi connectivity index (χ2v) is 4.75. The van der Waals surface area contributed by atoms with Crippen LogP contribution in [-0.2, 0) is 6.18 Å². The monoisotopic (exact) mass is 292 g/mol. The van der Waals surface area contributed by atoms with Crippen molar-refractivity contribution in [1.29, 1.82) is 0 Å². The number of halogens is 3. The fourth-order valence-electron chi connectivity index (χ4n) is 1.85. The largest absolute Gasteiger partial charge is 0.416 e. The standard InChI is InChI=1S/C16H15F3N2/c1-10-6-7-12(8-15(10)20)11(2)21-14-5-3-4-13(9-14)16(17,18)19/h3-9,21H,2,20H2,1H3. The lowest BCUT2D eigenvalue weighted by Crippen LogP contribution is -2.06. The topological polar surface area (TPSA) is 38.0 Å². The minimum absolute atomic E-state index is 0.328. The van der Waals surface area contributed by atoms with E-state index < -0.39 is 11.7 Å². The predicted octanol–water partition coefficient (Wildman–Crippen LogP) is 4.68. The van der Waals surface area contributed by atoms with E-state index in [2.05, 4.69) is 11.9 Å². The van der Waals surface area contributed by atoms with Gasteiger partial charge in [0.2, 0.25) is 0 Å². The number of nitrogens with two attached hydrogens (primary N) is 1. The van der Waals surface area contributed by atoms with Gasteiger partial charge in [-0.25, -0.2) is 0 Å². The molecule has 0 amide bonds. The highest BCUT2D eigenvalue weighted by molar-refractivity contribution is 5.77. The maximum atomic E-state index is 12.7. The summed E-state index contributed by atoms with van der Waals surface area (Å²) in [4.78, 5) is 0. The van der Waals surface area contributed by atoms with Gasteiger partial charge in [-0.2, -0.15) is 13.2 Å². The van der Waals surface area contributed by atoms with Crippen molar-refractivity contribution >= 4 is 17.1 Å². The number of anilines is 2. The van der Waals surface area contributed by atoms with E-state index in [4.69, 9.17) is 5.73 Å². The van der Waals surface area contributed by atoms with Gasteiger partial charge in [-0.05, 0) is 42.3 Å². The van der Waals surface area contributed by atoms with Crippen molar-refractivity contribution in [3.8, 4) is 0 Å². The molecule has 2 rings (SSSR count). The number of hydrogen-bond donors (Lipinski definition) is 2. The summed E-state index contributed by atoms with van der Waals surface area (Å²) < 4.78 is 38.0. The Morgan fingerprint density at radius 1 is 1.14 bits per heavy atom. The van der Waals surface area contributed by atoms with Crippen LogP contribution in [0, 0.1) is 6.92 Å². The summed E-state index contributed by atoms with van der Waals surface area (Å²) in [6.07, 6.45) is -4.37. The molecule has 0 unspecified atom stereocenters. The van der Waals surface area contributed by atoms with E-state index in [1.807, 2.05) is 19.1 Å². The first-order valence-corrected chi connectivity index (χ1v) is 6.27. The van der Waals surface area contributed by atoms with Gasteiger partial charge >= 0.3 is 6.18 Å². The van der Waals surface area contributed by atoms with E-state index in [0.29, 0.717) is 17.1 Å². The van der Waals surface area contributed by atoms with E-state index in [-0.39, 0.29) is 0 Å². The lowest BCUT2D eigenvalue weighted by atomic mass is 10.1. The summed E-state index contributed by atoms with van der Waals surface area (Å²) in [6.45, 7) is 5.71. The molecule has 110 valence electrons. The molecule has 2 aromatic carbocycles. The predicted molar refractivity (Wildman–Crippen MR) is 79.7 cm³/mol. The van der Waals surface area contributed by atoms with E-state index in [9.17, 15) is 13.2 Å². The summed E-state index contributed by atoms with van der Waals surface area (Å²) in [5, 5.41) is 2.87. The van der Waals surface area contributed by atoms with E-state index in [1.165, 1.54) is 6.07 Å². The molecule has 21 heavy (non-hydrogen) atoms. The number of aryl methyl sites for hydroxylation is 1. The van der Waals surface area contributed by atoms with Gasteiger partial charge in [-0.3, -0.25) is 0 Å². The van der Waals surface area contributed by atoms with Gasteiger partial charge < -0.3 is 11.1 Å². The normalized spacial score (nSPS) is 11.2. The maximum Gasteiger partial charge on any atom is 0.416 e. The molecule has 0 saturated heterocycles. The van der Waals surface area contributed by atoms with Crippen LogP contribution >= 0.6 is 0 Å². The quantitative estimate of drug-likeness (QED) is 0.806. The maximum absolute atomic E-state index is 12.7. The number of nitrogens with one attached hydrogen (secondary N) is 1. The van der Waals surface area contributed by atoms with Crippen LogP contribution in [0.15, 0.2) is 49.0 Å². The van der Waals surface area contributed by atoms with Gasteiger partial charge in [0.15, 0.2) is 0 Å². The van der Waals surface area contributed by atoms with Gasteiger partial charge in [0.25, 0.3) is 0 Å². The third-order valence-electron chi connectivity index (χ3n) is 3.11. The minimum Gasteiger partial charge on any atom is -0.398 e. The van der Waals surface area contributed by atoms with E-state index in [1.54, 1.807) is 12.1 Å². The summed E-state index contributed by atoms with van der Waals surface area (Å²) in [5.41, 5.74) is 8.20. The molecular weight excluding hydrogens is 277 g/mol. The lowest BCUT2D eigenvalue weighted by molar-refractivity contribution is -0.137. The Morgan fingerprint density at radius 3 is 2.48 bits per heavy atom. The van der Waals surface area contributed by atoms with Crippen LogP contribution in [0.25, 0.3) is 5.70 Å². The van der Waals surface area contributed by atoms with Crippen LogP contribution in [0.2, 0.25) is 0 Å². The zero-order chi connectivity index (χ0) is 15.6. The smallest absolute Gasteiger partial charge is 0.398 e. The van der Waals surface area contributed by atoms with Crippen molar-refractivity contribution in [3.63, 3.8) is 0 Å². The first-order valence-electron chi connectivity index (χ1n) is 6.27. The molecule has 0 aromatic heterocycles. The average molecular weight is 292 g/mol. The zero-order valence-electron chi connectivity index (χ0n) is 11.5. The van der Waals surface area contributed by atoms with Gasteiger partial charge in [0.05, 0.1) is 5.56 Å². The molecule has 0 fully saturated rings. The summed E-state index contributed by atoms with van der Waals surface area (Å²) in [7, 11) is 0. The Labute approximate surface area is 121 Å². The molecule has 0 aliphatic carbocycles. The van der Waals surface area contributed by atoms with Crippen LogP contribution in [-0.4, -0.2) is 0 Å². The average Bonchev–Trinajstić information content (AvgIpc) is 2.41. The van der Waals surface area contributed by atoms with Gasteiger partial charge in [-0.1, -0.05) is 24.8 Å². The molecule has 5 heteroatoms. The molecule has 0 aliphatic rings. The fourth-order valence-corrected chi connectivity index (χ4v) is 1.85. The Morgan fingerprint density at radius 2 is 1.86 bits per heavy atom. The summed E-state index contributed by atoms with van der Waals surface area (Å²) in [6, 6.07) is 10.4. The van der Waals surface area contributed by atoms with Crippen LogP contribution < -0.4 is 11.1 Å². The number of alkyl halides is 3. The number of nitrogen functional groups attached to an aromatic ring is 1. The van der Waals surface area contributed by atoms with Crippen molar-refractivity contribution in [2.75, 3.05) is 11.1 Å². The molecule has 0 bridgehead atoms. The van der Waals surface area contributed by atoms with Crippen molar-refractivity contribution in [1.82, 2.24) is 0 Å². The SMILES string of the molecule is C=C(Nc1cccc(C(F)(F)F)c1)c1ccc(C)c(N)c1. The Hall–Kier alpha value is -2.43. The van der Waals surface area contributed by atoms with Crippen LogP contribution in [0.1, 0.15) is 16.7 Å². The van der Waals surface area contributed by atoms with Gasteiger partial charge in [-0.15, -0.1) is 0 Å². The van der Waals surface area contributed by atoms with Crippen molar-refractivity contribution in [2.24, 2.45) is 0 Å². The Kier molecular flexibility index (Phi) is 3.93. The highest BCUT2D eigenvalue weighted by Gasteiger charge is 2.30. The van der Waals surface area contributed by atoms with Crippen molar-refractivity contribution in [2.45, 2.75) is 13.1 Å². The van der Waals surface area contributed by atoms with Crippen LogP contribution in [0.4, 0.5) is 24.5 Å². The zero-order valence-corrected chi connectivity index (χ0v) is 11.5. The molecule has 0 aliphatic heterocycles. The van der Waals surface area contributed by atoms with Crippen molar-refractivity contribution in [3.05, 3.63) is 65.7 Å². The van der Waals surface area contributed by atoms with Crippen LogP contribution in [0.3, 0.4) is 0 Å². The molecule has 0 heterocycles. The molecule has 3 N–H and O–H groups in total. The number of hydrogen-bond acceptors (Lipinski definition) is 2. The second-order valence-electron chi connectivity index (χ2n) is 4.75.